The van der Waals surface area contributed by atoms with E-state index in [9.17, 15) is 20.8 Å². The molecule has 0 aromatic rings. The molecule has 0 saturated heterocycles. The van der Waals surface area contributed by atoms with Gasteiger partial charge in [0.1, 0.15) is 0 Å². The molecule has 8 heteroatoms. The molecule has 0 bridgehead atoms. The monoisotopic (exact) mass is 224 g/mol. The van der Waals surface area contributed by atoms with Gasteiger partial charge in [-0.05, 0) is 0 Å². The molecule has 0 aliphatic rings. The molecule has 0 unspecified atom stereocenters. The van der Waals surface area contributed by atoms with Crippen LogP contribution >= 0.6 is 0 Å². The Bertz CT molecular complexity index is 67.1. The second kappa shape index (κ2) is 1.31. The van der Waals surface area contributed by atoms with Crippen LogP contribution in [-0.4, -0.2) is 14.2 Å². The fraction of sp³-hybridized carbons (Fsp3) is 0. The topological polar surface area (TPSA) is 0 Å². The molecular weight excluding hydrogens is 221 g/mol. The van der Waals surface area contributed by atoms with Gasteiger partial charge in [0.25, 0.3) is 0 Å². The van der Waals surface area contributed by atoms with Gasteiger partial charge in [-0.25, -0.2) is 0 Å². The summed E-state index contributed by atoms with van der Waals surface area (Å²) in [5, 5.41) is 0. The molecule has 0 amide bonds. The summed E-state index contributed by atoms with van der Waals surface area (Å²) in [5.74, 6) is 0. The summed E-state index contributed by atoms with van der Waals surface area (Å²) < 4.78 is 59.4. The predicted molar refractivity (Wildman–Crippen MR) is 24.0 cm³/mol. The summed E-state index contributed by atoms with van der Waals surface area (Å²) >= 11 is -11.1. The van der Waals surface area contributed by atoms with Crippen molar-refractivity contribution in [3.8, 4) is 0 Å². The molecule has 0 aliphatic heterocycles. The van der Waals surface area contributed by atoms with Crippen molar-refractivity contribution in [3.05, 3.63) is 0 Å². The van der Waals surface area contributed by atoms with Crippen LogP contribution in [0, 0.1) is 0 Å². The Morgan fingerprint density at radius 1 is 0.625 bits per heavy atom. The molecule has 0 fully saturated rings. The average molecular weight is 224 g/mol. The van der Waals surface area contributed by atoms with Gasteiger partial charge >= 0.3 is 35.0 Å². The van der Waals surface area contributed by atoms with E-state index in [0.717, 1.165) is 0 Å². The Morgan fingerprint density at radius 3 is 0.625 bits per heavy atom. The molecule has 0 saturated carbocycles. The molecule has 56 valence electrons. The minimum Gasteiger partial charge on any atom is -0.0576 e. The van der Waals surface area contributed by atoms with E-state index in [-0.39, 0.29) is 13.5 Å². The third kappa shape index (κ3) is 819. The summed E-state index contributed by atoms with van der Waals surface area (Å²) in [5.41, 5.74) is 0. The predicted octanol–water partition coefficient (Wildman–Crippen LogP) is 1.33. The fourth-order valence-electron chi connectivity index (χ4n) is 0. The second-order valence-electron chi connectivity index (χ2n) is 0.958. The van der Waals surface area contributed by atoms with Gasteiger partial charge in [0.15, 0.2) is 0 Å². The first-order chi connectivity index (χ1) is 2.45. The molecule has 0 radical (unpaired) electrons. The van der Waals surface area contributed by atoms with Crippen molar-refractivity contribution in [3.63, 3.8) is 0 Å². The van der Waals surface area contributed by atoms with Gasteiger partial charge in [0, 0.05) is 0 Å². The van der Waals surface area contributed by atoms with Gasteiger partial charge in [-0.2, -0.15) is 0 Å². The molecule has 0 spiro atoms. The van der Waals surface area contributed by atoms with E-state index >= 15 is 0 Å². The van der Waals surface area contributed by atoms with Gasteiger partial charge in [-0.3, -0.25) is 0 Å². The van der Waals surface area contributed by atoms with Crippen LogP contribution in [0.3, 0.4) is 0 Å². The first-order valence-electron chi connectivity index (χ1n) is 1.01. The third-order valence-electron chi connectivity index (χ3n) is 0. The number of hydrogen-bond acceptors (Lipinski definition) is 0. The first kappa shape index (κ1) is 11.3. The van der Waals surface area contributed by atoms with E-state index in [1.165, 1.54) is 0 Å². The van der Waals surface area contributed by atoms with Crippen LogP contribution in [0.1, 0.15) is 0 Å². The second-order valence-corrected chi connectivity index (χ2v) is 4.98. The molecule has 8 heavy (non-hydrogen) atoms. The SMILES string of the molecule is F[As-](F)(F)(F)(F)F.[SH3+]. The molecule has 0 N–H and O–H groups in total. The quantitative estimate of drug-likeness (QED) is 0.331. The summed E-state index contributed by atoms with van der Waals surface area (Å²) in [6.07, 6.45) is 0. The van der Waals surface area contributed by atoms with Crippen molar-refractivity contribution in [2.45, 2.75) is 0 Å². The average Bonchev–Trinajstić information content (AvgIpc) is 0.592. The first-order valence-corrected chi connectivity index (χ1v) is 5.27. The van der Waals surface area contributed by atoms with Crippen molar-refractivity contribution in [2.75, 3.05) is 0 Å². The van der Waals surface area contributed by atoms with Crippen LogP contribution in [0.5, 0.6) is 0 Å². The van der Waals surface area contributed by atoms with Crippen LogP contribution in [0.4, 0.5) is 20.8 Å². The Hall–Kier alpha value is 0.488. The smallest absolute Gasteiger partial charge is 0.0576 e. The largest absolute Gasteiger partial charge is 0.0576 e. The van der Waals surface area contributed by atoms with Gasteiger partial charge in [0.2, 0.25) is 0 Å². The maximum absolute atomic E-state index is 11.1. The van der Waals surface area contributed by atoms with Crippen molar-refractivity contribution in [2.24, 2.45) is 0 Å². The molecule has 0 nitrogen and oxygen atoms in total. The molecule has 0 aliphatic carbocycles. The van der Waals surface area contributed by atoms with E-state index in [1.54, 1.807) is 0 Å². The third-order valence-corrected chi connectivity index (χ3v) is 0. The van der Waals surface area contributed by atoms with Crippen molar-refractivity contribution < 1.29 is 20.8 Å². The van der Waals surface area contributed by atoms with Gasteiger partial charge < -0.3 is 0 Å². The maximum atomic E-state index is 9.91. The summed E-state index contributed by atoms with van der Waals surface area (Å²) in [4.78, 5) is 0. The number of hydrogen-bond donors (Lipinski definition) is 0. The summed E-state index contributed by atoms with van der Waals surface area (Å²) in [6.45, 7) is 0. The zero-order valence-corrected chi connectivity index (χ0v) is 6.32. The Morgan fingerprint density at radius 2 is 0.625 bits per heavy atom. The molecule has 0 rings (SSSR count). The van der Waals surface area contributed by atoms with Crippen LogP contribution < -0.4 is 0 Å². The number of halogens is 6. The van der Waals surface area contributed by atoms with E-state index in [1.807, 2.05) is 0 Å². The van der Waals surface area contributed by atoms with Crippen molar-refractivity contribution >= 4 is 27.7 Å². The summed E-state index contributed by atoms with van der Waals surface area (Å²) in [7, 11) is 0. The zero-order chi connectivity index (χ0) is 6.41. The van der Waals surface area contributed by atoms with Gasteiger partial charge in [-0.1, -0.05) is 13.5 Å². The van der Waals surface area contributed by atoms with Crippen molar-refractivity contribution in [1.82, 2.24) is 0 Å². The molecular formula is H3AsF6S. The minimum absolute atomic E-state index is 0. The molecule has 0 aromatic heterocycles. The molecule has 0 heterocycles. The minimum atomic E-state index is -11.1. The van der Waals surface area contributed by atoms with Crippen molar-refractivity contribution in [1.29, 1.82) is 0 Å². The Labute approximate surface area is 49.2 Å². The fourth-order valence-corrected chi connectivity index (χ4v) is 0. The van der Waals surface area contributed by atoms with Gasteiger partial charge in [-0.15, -0.1) is 0 Å². The van der Waals surface area contributed by atoms with E-state index in [2.05, 4.69) is 0 Å². The van der Waals surface area contributed by atoms with Crippen LogP contribution in [0.25, 0.3) is 0 Å². The maximum Gasteiger partial charge on any atom is -0.0576 e. The standard InChI is InChI=1S/AsF6.H2S/c2-1(3,4,5,6)7;/h;1H2/q-1;/p+1. The molecule has 0 aromatic carbocycles. The zero-order valence-electron chi connectivity index (χ0n) is 3.29. The van der Waals surface area contributed by atoms with Crippen LogP contribution in [0.15, 0.2) is 0 Å². The van der Waals surface area contributed by atoms with E-state index in [4.69, 9.17) is 0 Å². The number of rotatable bonds is 0. The summed E-state index contributed by atoms with van der Waals surface area (Å²) in [6, 6.07) is 0. The van der Waals surface area contributed by atoms with Gasteiger partial charge in [0.05, 0.1) is 0 Å². The van der Waals surface area contributed by atoms with E-state index < -0.39 is 14.2 Å². The van der Waals surface area contributed by atoms with Crippen LogP contribution in [-0.2, 0) is 13.5 Å². The molecule has 0 atom stereocenters. The van der Waals surface area contributed by atoms with E-state index in [0.29, 0.717) is 0 Å². The Kier molecular flexibility index (Phi) is 1.86. The van der Waals surface area contributed by atoms with Crippen LogP contribution in [0.2, 0.25) is 0 Å². The Balaban J connectivity index is 0. The normalized spacial score (nSPS) is 20.2.